The third kappa shape index (κ3) is 1.57. The van der Waals surface area contributed by atoms with Gasteiger partial charge in [0, 0.05) is 0 Å². The topological polar surface area (TPSA) is 0 Å². The molecule has 1 aliphatic carbocycles. The zero-order valence-electron chi connectivity index (χ0n) is 6.06. The Hall–Kier alpha value is -0.260. The summed E-state index contributed by atoms with van der Waals surface area (Å²) in [7, 11) is 0. The van der Waals surface area contributed by atoms with Crippen LogP contribution in [-0.2, 0) is 0 Å². The lowest BCUT2D eigenvalue weighted by atomic mass is 9.87. The van der Waals surface area contributed by atoms with Gasteiger partial charge in [0.1, 0.15) is 0 Å². The molecule has 0 aliphatic heterocycles. The highest BCUT2D eigenvalue weighted by Gasteiger charge is 2.10. The van der Waals surface area contributed by atoms with Crippen LogP contribution in [0, 0.1) is 12.8 Å². The lowest BCUT2D eigenvalue weighted by molar-refractivity contribution is 0.515. The predicted octanol–water partition coefficient (Wildman–Crippen LogP) is 2.83. The van der Waals surface area contributed by atoms with Gasteiger partial charge < -0.3 is 0 Å². The third-order valence-corrected chi connectivity index (χ3v) is 2.15. The maximum absolute atomic E-state index is 5.55. The second-order valence-electron chi connectivity index (χ2n) is 2.81. The van der Waals surface area contributed by atoms with Crippen molar-refractivity contribution in [2.24, 2.45) is 5.92 Å². The lowest BCUT2D eigenvalue weighted by Gasteiger charge is -2.19. The molecule has 1 rings (SSSR count). The monoisotopic (exact) mass is 122 g/mol. The van der Waals surface area contributed by atoms with Crippen LogP contribution in [0.5, 0.6) is 0 Å². The summed E-state index contributed by atoms with van der Waals surface area (Å²) in [5.74, 6) is 0.693. The fourth-order valence-corrected chi connectivity index (χ4v) is 1.39. The highest BCUT2D eigenvalue weighted by molar-refractivity contribution is 5.06. The first kappa shape index (κ1) is 6.85. The average Bonchev–Trinajstić information content (AvgIpc) is 1.89. The second kappa shape index (κ2) is 3.05. The van der Waals surface area contributed by atoms with Crippen molar-refractivity contribution in [3.05, 3.63) is 18.6 Å². The van der Waals surface area contributed by atoms with Crippen molar-refractivity contribution in [2.75, 3.05) is 0 Å². The summed E-state index contributed by atoms with van der Waals surface area (Å²) in [4.78, 5) is 0. The van der Waals surface area contributed by atoms with E-state index in [1.807, 2.05) is 0 Å². The van der Waals surface area contributed by atoms with E-state index in [0.717, 1.165) is 6.42 Å². The summed E-state index contributed by atoms with van der Waals surface area (Å²) in [5.41, 5.74) is 1.50. The molecular formula is C9H14. The Bertz CT molecular complexity index is 111. The summed E-state index contributed by atoms with van der Waals surface area (Å²) in [6.45, 7) is 7.74. The van der Waals surface area contributed by atoms with Crippen molar-refractivity contribution >= 4 is 0 Å². The van der Waals surface area contributed by atoms with Gasteiger partial charge in [-0.3, -0.25) is 0 Å². The van der Waals surface area contributed by atoms with Crippen LogP contribution in [0.2, 0.25) is 0 Å². The minimum absolute atomic E-state index is 0.693. The number of rotatable bonds is 1. The van der Waals surface area contributed by atoms with Crippen LogP contribution >= 0.6 is 0 Å². The predicted molar refractivity (Wildman–Crippen MR) is 40.0 cm³/mol. The smallest absolute Gasteiger partial charge is 0.0203 e. The SMILES string of the molecule is [CH]CC1CCCC=C1C. The lowest BCUT2D eigenvalue weighted by Crippen LogP contribution is -2.04. The van der Waals surface area contributed by atoms with E-state index in [-0.39, 0.29) is 0 Å². The summed E-state index contributed by atoms with van der Waals surface area (Å²) in [6.07, 6.45) is 7.06. The maximum atomic E-state index is 5.55. The van der Waals surface area contributed by atoms with Crippen molar-refractivity contribution in [1.82, 2.24) is 0 Å². The number of allylic oxidation sites excluding steroid dienone is 2. The Labute approximate surface area is 58.0 Å². The molecule has 9 heavy (non-hydrogen) atoms. The minimum atomic E-state index is 0.693. The molecule has 0 bridgehead atoms. The van der Waals surface area contributed by atoms with Crippen LogP contribution in [0.4, 0.5) is 0 Å². The Morgan fingerprint density at radius 3 is 3.00 bits per heavy atom. The van der Waals surface area contributed by atoms with Crippen LogP contribution in [0.3, 0.4) is 0 Å². The van der Waals surface area contributed by atoms with Gasteiger partial charge in [-0.05, 0) is 45.4 Å². The summed E-state index contributed by atoms with van der Waals surface area (Å²) < 4.78 is 0. The van der Waals surface area contributed by atoms with E-state index >= 15 is 0 Å². The number of hydrogen-bond donors (Lipinski definition) is 0. The molecule has 0 aromatic heterocycles. The van der Waals surface area contributed by atoms with Gasteiger partial charge in [0.05, 0.1) is 0 Å². The van der Waals surface area contributed by atoms with E-state index in [2.05, 4.69) is 13.0 Å². The zero-order chi connectivity index (χ0) is 6.69. The van der Waals surface area contributed by atoms with Crippen LogP contribution < -0.4 is 0 Å². The molecular weight excluding hydrogens is 108 g/mol. The first-order valence-electron chi connectivity index (χ1n) is 3.71. The highest BCUT2D eigenvalue weighted by atomic mass is 14.2. The van der Waals surface area contributed by atoms with Crippen molar-refractivity contribution in [1.29, 1.82) is 0 Å². The molecule has 2 radical (unpaired) electrons. The average molecular weight is 122 g/mol. The maximum Gasteiger partial charge on any atom is -0.0203 e. The fraction of sp³-hybridized carbons (Fsp3) is 0.667. The van der Waals surface area contributed by atoms with Gasteiger partial charge in [-0.15, -0.1) is 0 Å². The molecule has 1 atom stereocenters. The summed E-state index contributed by atoms with van der Waals surface area (Å²) in [6, 6.07) is 0. The normalized spacial score (nSPS) is 27.8. The van der Waals surface area contributed by atoms with Gasteiger partial charge >= 0.3 is 0 Å². The van der Waals surface area contributed by atoms with Gasteiger partial charge in [-0.25, -0.2) is 0 Å². The quantitative estimate of drug-likeness (QED) is 0.469. The van der Waals surface area contributed by atoms with Gasteiger partial charge in [-0.1, -0.05) is 11.6 Å². The number of hydrogen-bond acceptors (Lipinski definition) is 0. The Kier molecular flexibility index (Phi) is 2.32. The highest BCUT2D eigenvalue weighted by Crippen LogP contribution is 2.26. The van der Waals surface area contributed by atoms with Crippen LogP contribution in [0.15, 0.2) is 11.6 Å². The molecule has 0 saturated carbocycles. The first-order valence-corrected chi connectivity index (χ1v) is 3.71. The molecule has 0 spiro atoms. The van der Waals surface area contributed by atoms with Gasteiger partial charge in [0.2, 0.25) is 0 Å². The van der Waals surface area contributed by atoms with Gasteiger partial charge in [-0.2, -0.15) is 0 Å². The molecule has 0 nitrogen and oxygen atoms in total. The Morgan fingerprint density at radius 1 is 1.78 bits per heavy atom. The van der Waals surface area contributed by atoms with Crippen LogP contribution in [0.25, 0.3) is 0 Å². The fourth-order valence-electron chi connectivity index (χ4n) is 1.39. The molecule has 0 heteroatoms. The molecule has 0 amide bonds. The first-order chi connectivity index (χ1) is 4.34. The Balaban J connectivity index is 2.50. The molecule has 0 aromatic carbocycles. The third-order valence-electron chi connectivity index (χ3n) is 2.15. The molecule has 1 unspecified atom stereocenters. The molecule has 0 saturated heterocycles. The van der Waals surface area contributed by atoms with E-state index in [0.29, 0.717) is 5.92 Å². The summed E-state index contributed by atoms with van der Waals surface area (Å²) in [5, 5.41) is 0. The minimum Gasteiger partial charge on any atom is -0.0853 e. The van der Waals surface area contributed by atoms with Crippen molar-refractivity contribution in [3.8, 4) is 0 Å². The van der Waals surface area contributed by atoms with Gasteiger partial charge in [0.15, 0.2) is 0 Å². The largest absolute Gasteiger partial charge is 0.0853 e. The van der Waals surface area contributed by atoms with Gasteiger partial charge in [0.25, 0.3) is 0 Å². The van der Waals surface area contributed by atoms with E-state index in [1.165, 1.54) is 24.8 Å². The van der Waals surface area contributed by atoms with E-state index in [1.54, 1.807) is 0 Å². The van der Waals surface area contributed by atoms with Crippen LogP contribution in [0.1, 0.15) is 32.6 Å². The summed E-state index contributed by atoms with van der Waals surface area (Å²) >= 11 is 0. The molecule has 0 aromatic rings. The van der Waals surface area contributed by atoms with E-state index in [9.17, 15) is 0 Å². The van der Waals surface area contributed by atoms with E-state index < -0.39 is 0 Å². The Morgan fingerprint density at radius 2 is 2.56 bits per heavy atom. The second-order valence-corrected chi connectivity index (χ2v) is 2.81. The van der Waals surface area contributed by atoms with E-state index in [4.69, 9.17) is 6.92 Å². The van der Waals surface area contributed by atoms with Crippen molar-refractivity contribution < 1.29 is 0 Å². The molecule has 0 N–H and O–H groups in total. The van der Waals surface area contributed by atoms with Crippen LogP contribution in [-0.4, -0.2) is 0 Å². The zero-order valence-corrected chi connectivity index (χ0v) is 6.06. The molecule has 50 valence electrons. The van der Waals surface area contributed by atoms with Crippen molar-refractivity contribution in [3.63, 3.8) is 0 Å². The molecule has 0 fully saturated rings. The molecule has 1 aliphatic rings. The molecule has 0 heterocycles. The standard InChI is InChI=1S/C9H14/c1-3-9-7-5-4-6-8(9)2/h1,6,9H,3-5,7H2,2H3. The van der Waals surface area contributed by atoms with Crippen molar-refractivity contribution in [2.45, 2.75) is 32.6 Å².